The summed E-state index contributed by atoms with van der Waals surface area (Å²) < 4.78 is 2.00. The molecule has 3 nitrogen and oxygen atoms in total. The number of unbranched alkanes of at least 4 members (excludes halogenated alkanes) is 4. The van der Waals surface area contributed by atoms with Gasteiger partial charge in [0, 0.05) is 25.0 Å². The SMILES string of the molecule is CCCCCCCC(CCc1ccnn1C)NCCC. The minimum absolute atomic E-state index is 0.673. The standard InChI is InChI=1S/C17H33N3/c1-4-6-7-8-9-10-16(18-14-5-2)11-12-17-13-15-19-20(17)3/h13,15-16,18H,4-12,14H2,1-3H3. The molecule has 0 radical (unpaired) electrons. The Bertz CT molecular complexity index is 333. The summed E-state index contributed by atoms with van der Waals surface area (Å²) in [6, 6.07) is 2.81. The van der Waals surface area contributed by atoms with Gasteiger partial charge in [0.25, 0.3) is 0 Å². The van der Waals surface area contributed by atoms with E-state index in [9.17, 15) is 0 Å². The smallest absolute Gasteiger partial charge is 0.0492 e. The van der Waals surface area contributed by atoms with Crippen molar-refractivity contribution in [1.29, 1.82) is 0 Å². The molecule has 0 amide bonds. The molecule has 0 aliphatic carbocycles. The van der Waals surface area contributed by atoms with Crippen molar-refractivity contribution < 1.29 is 0 Å². The minimum atomic E-state index is 0.673. The monoisotopic (exact) mass is 279 g/mol. The number of aromatic nitrogens is 2. The zero-order chi connectivity index (χ0) is 14.6. The Labute approximate surface area is 125 Å². The maximum atomic E-state index is 4.25. The Hall–Kier alpha value is -0.830. The van der Waals surface area contributed by atoms with Crippen molar-refractivity contribution in [3.8, 4) is 0 Å². The van der Waals surface area contributed by atoms with E-state index in [0.29, 0.717) is 6.04 Å². The van der Waals surface area contributed by atoms with E-state index in [1.54, 1.807) is 0 Å². The molecule has 1 heterocycles. The first-order valence-electron chi connectivity index (χ1n) is 8.48. The summed E-state index contributed by atoms with van der Waals surface area (Å²) in [6.07, 6.45) is 13.7. The molecule has 0 aromatic carbocycles. The zero-order valence-electron chi connectivity index (χ0n) is 13.7. The van der Waals surface area contributed by atoms with E-state index in [-0.39, 0.29) is 0 Å². The average Bonchev–Trinajstić information content (AvgIpc) is 2.86. The Kier molecular flexibility index (Phi) is 9.38. The van der Waals surface area contributed by atoms with Gasteiger partial charge in [0.15, 0.2) is 0 Å². The van der Waals surface area contributed by atoms with Gasteiger partial charge in [-0.05, 0) is 38.3 Å². The van der Waals surface area contributed by atoms with Crippen molar-refractivity contribution in [3.05, 3.63) is 18.0 Å². The van der Waals surface area contributed by atoms with E-state index in [1.807, 2.05) is 17.9 Å². The van der Waals surface area contributed by atoms with Crippen molar-refractivity contribution in [2.24, 2.45) is 7.05 Å². The Balaban J connectivity index is 2.26. The summed E-state index contributed by atoms with van der Waals surface area (Å²) in [5.74, 6) is 0. The second-order valence-electron chi connectivity index (χ2n) is 5.84. The fourth-order valence-electron chi connectivity index (χ4n) is 2.66. The number of rotatable bonds is 12. The van der Waals surface area contributed by atoms with E-state index >= 15 is 0 Å². The molecule has 116 valence electrons. The van der Waals surface area contributed by atoms with Crippen molar-refractivity contribution in [2.75, 3.05) is 6.54 Å². The van der Waals surface area contributed by atoms with Crippen LogP contribution >= 0.6 is 0 Å². The van der Waals surface area contributed by atoms with Crippen LogP contribution in [-0.2, 0) is 13.5 Å². The fraction of sp³-hybridized carbons (Fsp3) is 0.824. The van der Waals surface area contributed by atoms with E-state index in [1.165, 1.54) is 57.1 Å². The Morgan fingerprint density at radius 1 is 1.10 bits per heavy atom. The van der Waals surface area contributed by atoms with E-state index in [0.717, 1.165) is 13.0 Å². The number of nitrogens with zero attached hydrogens (tertiary/aromatic N) is 2. The molecule has 0 aliphatic rings. The summed E-state index contributed by atoms with van der Waals surface area (Å²) in [6.45, 7) is 5.66. The molecule has 0 saturated heterocycles. The van der Waals surface area contributed by atoms with Gasteiger partial charge < -0.3 is 5.32 Å². The normalized spacial score (nSPS) is 12.8. The first-order chi connectivity index (χ1) is 9.77. The highest BCUT2D eigenvalue weighted by atomic mass is 15.2. The van der Waals surface area contributed by atoms with Gasteiger partial charge in [0.05, 0.1) is 0 Å². The van der Waals surface area contributed by atoms with E-state index < -0.39 is 0 Å². The van der Waals surface area contributed by atoms with Crippen molar-refractivity contribution >= 4 is 0 Å². The van der Waals surface area contributed by atoms with Crippen LogP contribution in [0.15, 0.2) is 12.3 Å². The van der Waals surface area contributed by atoms with E-state index in [4.69, 9.17) is 0 Å². The topological polar surface area (TPSA) is 29.9 Å². The molecule has 1 unspecified atom stereocenters. The molecule has 3 heteroatoms. The third kappa shape index (κ3) is 7.09. The van der Waals surface area contributed by atoms with Crippen molar-refractivity contribution in [2.45, 2.75) is 77.7 Å². The van der Waals surface area contributed by atoms with Crippen LogP contribution in [0.2, 0.25) is 0 Å². The van der Waals surface area contributed by atoms with Crippen LogP contribution in [0.1, 0.15) is 70.9 Å². The van der Waals surface area contributed by atoms with Crippen molar-refractivity contribution in [1.82, 2.24) is 15.1 Å². The number of hydrogen-bond acceptors (Lipinski definition) is 2. The molecule has 1 atom stereocenters. The van der Waals surface area contributed by atoms with Gasteiger partial charge in [0.1, 0.15) is 0 Å². The van der Waals surface area contributed by atoms with E-state index in [2.05, 4.69) is 30.3 Å². The molecular formula is C17H33N3. The quantitative estimate of drug-likeness (QED) is 0.584. The van der Waals surface area contributed by atoms with Gasteiger partial charge in [0.2, 0.25) is 0 Å². The summed E-state index contributed by atoms with van der Waals surface area (Å²) in [7, 11) is 2.04. The van der Waals surface area contributed by atoms with Gasteiger partial charge in [-0.3, -0.25) is 4.68 Å². The van der Waals surface area contributed by atoms with Crippen LogP contribution in [-0.4, -0.2) is 22.4 Å². The maximum absolute atomic E-state index is 4.25. The molecule has 0 saturated carbocycles. The lowest BCUT2D eigenvalue weighted by Gasteiger charge is -2.18. The summed E-state index contributed by atoms with van der Waals surface area (Å²) in [5.41, 5.74) is 1.35. The predicted molar refractivity (Wildman–Crippen MR) is 87.0 cm³/mol. The van der Waals surface area contributed by atoms with Crippen LogP contribution in [0.25, 0.3) is 0 Å². The molecule has 0 spiro atoms. The lowest BCUT2D eigenvalue weighted by molar-refractivity contribution is 0.427. The molecular weight excluding hydrogens is 246 g/mol. The highest BCUT2D eigenvalue weighted by Gasteiger charge is 2.09. The largest absolute Gasteiger partial charge is 0.314 e. The first kappa shape index (κ1) is 17.2. The first-order valence-corrected chi connectivity index (χ1v) is 8.48. The highest BCUT2D eigenvalue weighted by Crippen LogP contribution is 2.12. The molecule has 0 fully saturated rings. The minimum Gasteiger partial charge on any atom is -0.314 e. The summed E-state index contributed by atoms with van der Waals surface area (Å²) in [4.78, 5) is 0. The van der Waals surface area contributed by atoms with Crippen LogP contribution in [0.3, 0.4) is 0 Å². The number of nitrogens with one attached hydrogen (secondary N) is 1. The van der Waals surface area contributed by atoms with Crippen LogP contribution < -0.4 is 5.32 Å². The second kappa shape index (κ2) is 10.9. The van der Waals surface area contributed by atoms with Gasteiger partial charge in [-0.2, -0.15) is 5.10 Å². The number of hydrogen-bond donors (Lipinski definition) is 1. The molecule has 0 bridgehead atoms. The summed E-state index contributed by atoms with van der Waals surface area (Å²) in [5, 5.41) is 7.96. The lowest BCUT2D eigenvalue weighted by atomic mass is 10.0. The molecule has 20 heavy (non-hydrogen) atoms. The van der Waals surface area contributed by atoms with Crippen molar-refractivity contribution in [3.63, 3.8) is 0 Å². The Morgan fingerprint density at radius 2 is 1.90 bits per heavy atom. The molecule has 1 aromatic rings. The second-order valence-corrected chi connectivity index (χ2v) is 5.84. The molecule has 1 aromatic heterocycles. The highest BCUT2D eigenvalue weighted by molar-refractivity contribution is 5.00. The number of aryl methyl sites for hydroxylation is 2. The zero-order valence-corrected chi connectivity index (χ0v) is 13.7. The van der Waals surface area contributed by atoms with Gasteiger partial charge in [-0.25, -0.2) is 0 Å². The van der Waals surface area contributed by atoms with Gasteiger partial charge >= 0.3 is 0 Å². The van der Waals surface area contributed by atoms with Crippen LogP contribution in [0.4, 0.5) is 0 Å². The Morgan fingerprint density at radius 3 is 2.55 bits per heavy atom. The van der Waals surface area contributed by atoms with Gasteiger partial charge in [-0.15, -0.1) is 0 Å². The van der Waals surface area contributed by atoms with Crippen LogP contribution in [0, 0.1) is 0 Å². The third-order valence-electron chi connectivity index (χ3n) is 4.01. The maximum Gasteiger partial charge on any atom is 0.0492 e. The fourth-order valence-corrected chi connectivity index (χ4v) is 2.66. The molecule has 1 N–H and O–H groups in total. The molecule has 1 rings (SSSR count). The van der Waals surface area contributed by atoms with Gasteiger partial charge in [-0.1, -0.05) is 46.0 Å². The van der Waals surface area contributed by atoms with Crippen LogP contribution in [0.5, 0.6) is 0 Å². The molecule has 0 aliphatic heterocycles. The predicted octanol–water partition coefficient (Wildman–Crippen LogP) is 4.08. The average molecular weight is 279 g/mol. The third-order valence-corrected chi connectivity index (χ3v) is 4.01. The lowest BCUT2D eigenvalue weighted by Crippen LogP contribution is -2.30. The summed E-state index contributed by atoms with van der Waals surface area (Å²) >= 11 is 0.